The Morgan fingerprint density at radius 1 is 0.667 bits per heavy atom. The Morgan fingerprint density at radius 2 is 1.05 bits per heavy atom. The Balaban J connectivity index is 1.97. The molecule has 8 heteroatoms. The summed E-state index contributed by atoms with van der Waals surface area (Å²) < 4.78 is 3.56. The molecule has 4 rings (SSSR count). The van der Waals surface area contributed by atoms with Gasteiger partial charge in [0.1, 0.15) is 23.5 Å². The molecule has 2 aliphatic heterocycles. The van der Waals surface area contributed by atoms with Crippen LogP contribution in [-0.2, 0) is 23.7 Å². The molecule has 0 saturated carbocycles. The van der Waals surface area contributed by atoms with Gasteiger partial charge in [-0.25, -0.2) is 0 Å². The van der Waals surface area contributed by atoms with Gasteiger partial charge < -0.3 is 18.9 Å². The Hall–Kier alpha value is -4.04. The fourth-order valence-corrected chi connectivity index (χ4v) is 6.35. The number of unbranched alkanes of at least 4 members (excludes halogenated alkanes) is 2. The summed E-state index contributed by atoms with van der Waals surface area (Å²) in [5.41, 5.74) is 4.32. The largest absolute Gasteiger partial charge is 0.334 e. The van der Waals surface area contributed by atoms with E-state index in [1.165, 1.54) is 0 Å². The number of fused-ring (bicyclic) bond motifs is 1. The van der Waals surface area contributed by atoms with Crippen LogP contribution < -0.4 is 0 Å². The molecule has 0 saturated heterocycles. The fraction of sp³-hybridized carbons (Fsp3) is 0.529. The van der Waals surface area contributed by atoms with Gasteiger partial charge in [-0.05, 0) is 48.9 Å². The molecular formula is C34H44N6O2. The van der Waals surface area contributed by atoms with Crippen LogP contribution in [0.2, 0.25) is 0 Å². The topological polar surface area (TPSA) is 98.1 Å². The summed E-state index contributed by atoms with van der Waals surface area (Å²) in [7, 11) is 3.62. The molecule has 0 fully saturated rings. The molecule has 222 valence electrons. The summed E-state index contributed by atoms with van der Waals surface area (Å²) in [6.45, 7) is 9.66. The van der Waals surface area contributed by atoms with Crippen molar-refractivity contribution in [1.29, 1.82) is 10.5 Å². The molecule has 4 heterocycles. The highest BCUT2D eigenvalue weighted by atomic mass is 16.2. The van der Waals surface area contributed by atoms with Gasteiger partial charge in [-0.3, -0.25) is 9.59 Å². The highest BCUT2D eigenvalue weighted by Gasteiger charge is 2.50. The lowest BCUT2D eigenvalue weighted by Gasteiger charge is -2.29. The number of aromatic nitrogens is 2. The summed E-state index contributed by atoms with van der Waals surface area (Å²) in [5, 5.41) is 19.4. The number of rotatable bonds is 14. The van der Waals surface area contributed by atoms with Crippen LogP contribution in [-0.4, -0.2) is 43.8 Å². The van der Waals surface area contributed by atoms with Gasteiger partial charge in [0, 0.05) is 27.2 Å². The van der Waals surface area contributed by atoms with E-state index in [-0.39, 0.29) is 23.7 Å². The SMILES string of the molecule is CCCCC(CC)CN1C(=O)C2=C(c3ccc(C#N)n3C)N(CC(CC)CCCC)C(=O)C2=C1c1ccc(C#N)n1C. The van der Waals surface area contributed by atoms with Gasteiger partial charge in [-0.1, -0.05) is 66.2 Å². The van der Waals surface area contributed by atoms with E-state index in [9.17, 15) is 20.1 Å². The van der Waals surface area contributed by atoms with Crippen molar-refractivity contribution < 1.29 is 9.59 Å². The van der Waals surface area contributed by atoms with E-state index in [0.29, 0.717) is 58.4 Å². The van der Waals surface area contributed by atoms with Crippen molar-refractivity contribution in [2.24, 2.45) is 25.9 Å². The summed E-state index contributed by atoms with van der Waals surface area (Å²) in [4.78, 5) is 32.7. The molecule has 2 amide bonds. The van der Waals surface area contributed by atoms with E-state index in [2.05, 4.69) is 39.8 Å². The third-order valence-corrected chi connectivity index (χ3v) is 9.11. The van der Waals surface area contributed by atoms with Crippen molar-refractivity contribution in [2.75, 3.05) is 13.1 Å². The monoisotopic (exact) mass is 568 g/mol. The highest BCUT2D eigenvalue weighted by Crippen LogP contribution is 2.47. The van der Waals surface area contributed by atoms with Gasteiger partial charge in [0.05, 0.1) is 33.9 Å². The Kier molecular flexibility index (Phi) is 9.78. The maximum atomic E-state index is 14.6. The summed E-state index contributed by atoms with van der Waals surface area (Å²) >= 11 is 0. The molecule has 0 N–H and O–H groups in total. The molecule has 42 heavy (non-hydrogen) atoms. The van der Waals surface area contributed by atoms with Crippen LogP contribution in [0, 0.1) is 34.5 Å². The first-order valence-electron chi connectivity index (χ1n) is 15.5. The maximum Gasteiger partial charge on any atom is 0.261 e. The maximum absolute atomic E-state index is 14.6. The molecule has 0 aliphatic carbocycles. The fourth-order valence-electron chi connectivity index (χ4n) is 6.35. The normalized spacial score (nSPS) is 16.4. The minimum atomic E-state index is -0.179. The second-order valence-corrected chi connectivity index (χ2v) is 11.7. The Labute approximate surface area is 250 Å². The van der Waals surface area contributed by atoms with E-state index >= 15 is 0 Å². The van der Waals surface area contributed by atoms with Crippen LogP contribution in [0.15, 0.2) is 35.4 Å². The lowest BCUT2D eigenvalue weighted by Crippen LogP contribution is -2.35. The summed E-state index contributed by atoms with van der Waals surface area (Å²) in [6.07, 6.45) is 8.16. The molecule has 2 aromatic heterocycles. The third-order valence-electron chi connectivity index (χ3n) is 9.11. The van der Waals surface area contributed by atoms with Crippen LogP contribution in [0.1, 0.15) is 102 Å². The van der Waals surface area contributed by atoms with Crippen molar-refractivity contribution in [1.82, 2.24) is 18.9 Å². The number of amides is 2. The number of carbonyl (C=O) groups excluding carboxylic acids is 2. The van der Waals surface area contributed by atoms with Crippen LogP contribution in [0.3, 0.4) is 0 Å². The van der Waals surface area contributed by atoms with Crippen molar-refractivity contribution in [2.45, 2.75) is 79.1 Å². The highest BCUT2D eigenvalue weighted by molar-refractivity contribution is 6.30. The predicted octanol–water partition coefficient (Wildman–Crippen LogP) is 6.35. The molecule has 2 unspecified atom stereocenters. The molecule has 8 nitrogen and oxygen atoms in total. The first-order valence-corrected chi connectivity index (χ1v) is 15.5. The van der Waals surface area contributed by atoms with Crippen LogP contribution >= 0.6 is 0 Å². The van der Waals surface area contributed by atoms with Crippen LogP contribution in [0.4, 0.5) is 0 Å². The number of nitrogens with zero attached hydrogens (tertiary/aromatic N) is 6. The van der Waals surface area contributed by atoms with Gasteiger partial charge in [-0.15, -0.1) is 0 Å². The Morgan fingerprint density at radius 3 is 1.33 bits per heavy atom. The number of hydrogen-bond donors (Lipinski definition) is 0. The number of carbonyl (C=O) groups is 2. The Bertz CT molecular complexity index is 1380. The average molecular weight is 569 g/mol. The van der Waals surface area contributed by atoms with Gasteiger partial charge in [-0.2, -0.15) is 10.5 Å². The van der Waals surface area contributed by atoms with E-state index in [0.717, 1.165) is 51.4 Å². The van der Waals surface area contributed by atoms with Gasteiger partial charge in [0.2, 0.25) is 0 Å². The molecular weight excluding hydrogens is 524 g/mol. The van der Waals surface area contributed by atoms with E-state index < -0.39 is 0 Å². The molecule has 2 atom stereocenters. The van der Waals surface area contributed by atoms with E-state index in [1.807, 2.05) is 26.2 Å². The zero-order chi connectivity index (χ0) is 30.6. The van der Waals surface area contributed by atoms with Gasteiger partial charge in [0.25, 0.3) is 11.8 Å². The van der Waals surface area contributed by atoms with Gasteiger partial charge >= 0.3 is 0 Å². The minimum absolute atomic E-state index is 0.179. The third kappa shape index (κ3) is 5.43. The number of hydrogen-bond acceptors (Lipinski definition) is 4. The minimum Gasteiger partial charge on any atom is -0.334 e. The van der Waals surface area contributed by atoms with Crippen molar-refractivity contribution in [3.05, 3.63) is 58.2 Å². The van der Waals surface area contributed by atoms with Crippen LogP contribution in [0.25, 0.3) is 11.4 Å². The van der Waals surface area contributed by atoms with Crippen molar-refractivity contribution >= 4 is 23.2 Å². The molecule has 0 spiro atoms. The second kappa shape index (κ2) is 13.3. The zero-order valence-corrected chi connectivity index (χ0v) is 26.0. The first kappa shape index (κ1) is 30.9. The quantitative estimate of drug-likeness (QED) is 0.265. The molecule has 2 aliphatic rings. The van der Waals surface area contributed by atoms with E-state index in [1.54, 1.807) is 31.1 Å². The first-order chi connectivity index (χ1) is 20.3. The smallest absolute Gasteiger partial charge is 0.261 e. The molecule has 0 radical (unpaired) electrons. The van der Waals surface area contributed by atoms with E-state index in [4.69, 9.17) is 0 Å². The van der Waals surface area contributed by atoms with Crippen molar-refractivity contribution in [3.8, 4) is 12.1 Å². The zero-order valence-electron chi connectivity index (χ0n) is 26.0. The average Bonchev–Trinajstić information content (AvgIpc) is 3.70. The summed E-state index contributed by atoms with van der Waals surface area (Å²) in [5.74, 6) is 0.213. The van der Waals surface area contributed by atoms with Gasteiger partial charge in [0.15, 0.2) is 0 Å². The molecule has 0 aromatic carbocycles. The molecule has 2 aromatic rings. The van der Waals surface area contributed by atoms with Crippen molar-refractivity contribution in [3.63, 3.8) is 0 Å². The second-order valence-electron chi connectivity index (χ2n) is 11.7. The predicted molar refractivity (Wildman–Crippen MR) is 164 cm³/mol. The lowest BCUT2D eigenvalue weighted by molar-refractivity contribution is -0.124. The number of nitriles is 2. The molecule has 0 bridgehead atoms. The summed E-state index contributed by atoms with van der Waals surface area (Å²) in [6, 6.07) is 11.6. The lowest BCUT2D eigenvalue weighted by atomic mass is 9.98. The van der Waals surface area contributed by atoms with Crippen LogP contribution in [0.5, 0.6) is 0 Å². The standard InChI is InChI=1S/C34H44N6O2/c1-7-11-13-23(9-3)21-39-31(27-17-15-25(19-35)37(27)5)29-30(33(39)41)32(28-18-16-26(20-36)38(28)6)40(34(29)42)22-24(10-4)14-12-8-2/h15-18,23-24H,7-14,21-22H2,1-6H3.